The van der Waals surface area contributed by atoms with E-state index in [1.807, 2.05) is 60.7 Å². The first kappa shape index (κ1) is 27.5. The van der Waals surface area contributed by atoms with E-state index in [9.17, 15) is 9.59 Å². The summed E-state index contributed by atoms with van der Waals surface area (Å²) >= 11 is 0. The summed E-state index contributed by atoms with van der Waals surface area (Å²) in [4.78, 5) is 28.9. The molecule has 0 saturated carbocycles. The molecule has 0 radical (unpaired) electrons. The molecule has 1 N–H and O–H groups in total. The van der Waals surface area contributed by atoms with E-state index >= 15 is 0 Å². The SMILES string of the molecule is COCCNC(=O)C(c1ccccc1)N(Cc1ccc(OC)cc1)C(=O)Cc1ccc(OC)c(OC)c1. The molecule has 0 spiro atoms. The highest BCUT2D eigenvalue weighted by atomic mass is 16.5. The van der Waals surface area contributed by atoms with Gasteiger partial charge in [-0.3, -0.25) is 9.59 Å². The van der Waals surface area contributed by atoms with Crippen LogP contribution in [0.25, 0.3) is 0 Å². The summed E-state index contributed by atoms with van der Waals surface area (Å²) in [6, 6.07) is 21.3. The lowest BCUT2D eigenvalue weighted by atomic mass is 10.0. The van der Waals surface area contributed by atoms with Crippen LogP contribution in [0.2, 0.25) is 0 Å². The Labute approximate surface area is 218 Å². The predicted molar refractivity (Wildman–Crippen MR) is 141 cm³/mol. The third-order valence-corrected chi connectivity index (χ3v) is 5.92. The first-order valence-electron chi connectivity index (χ1n) is 12.0. The number of ether oxygens (including phenoxy) is 4. The zero-order valence-electron chi connectivity index (χ0n) is 21.7. The van der Waals surface area contributed by atoms with Gasteiger partial charge >= 0.3 is 0 Å². The largest absolute Gasteiger partial charge is 0.497 e. The van der Waals surface area contributed by atoms with Crippen molar-refractivity contribution in [2.75, 3.05) is 41.6 Å². The van der Waals surface area contributed by atoms with Crippen LogP contribution < -0.4 is 19.5 Å². The monoisotopic (exact) mass is 506 g/mol. The topological polar surface area (TPSA) is 86.3 Å². The van der Waals surface area contributed by atoms with Crippen LogP contribution in [0.4, 0.5) is 0 Å². The molecular formula is C29H34N2O6. The number of amides is 2. The number of rotatable bonds is 13. The average molecular weight is 507 g/mol. The van der Waals surface area contributed by atoms with Crippen LogP contribution in [-0.2, 0) is 27.3 Å². The fraction of sp³-hybridized carbons (Fsp3) is 0.310. The van der Waals surface area contributed by atoms with E-state index in [1.54, 1.807) is 45.5 Å². The maximum atomic E-state index is 13.9. The van der Waals surface area contributed by atoms with Crippen LogP contribution in [-0.4, -0.2) is 58.3 Å². The molecule has 3 rings (SSSR count). The first-order chi connectivity index (χ1) is 18.0. The maximum Gasteiger partial charge on any atom is 0.247 e. The second-order valence-electron chi connectivity index (χ2n) is 8.33. The van der Waals surface area contributed by atoms with Gasteiger partial charge in [-0.15, -0.1) is 0 Å². The van der Waals surface area contributed by atoms with E-state index < -0.39 is 6.04 Å². The van der Waals surface area contributed by atoms with Crippen molar-refractivity contribution in [3.05, 3.63) is 89.5 Å². The molecule has 0 fully saturated rings. The number of methoxy groups -OCH3 is 4. The number of carbonyl (C=O) groups excluding carboxylic acids is 2. The normalized spacial score (nSPS) is 11.4. The van der Waals surface area contributed by atoms with Crippen molar-refractivity contribution in [2.45, 2.75) is 19.0 Å². The minimum Gasteiger partial charge on any atom is -0.497 e. The van der Waals surface area contributed by atoms with Gasteiger partial charge in [-0.25, -0.2) is 0 Å². The van der Waals surface area contributed by atoms with Gasteiger partial charge in [-0.1, -0.05) is 48.5 Å². The molecule has 0 aliphatic carbocycles. The Morgan fingerprint density at radius 1 is 0.811 bits per heavy atom. The summed E-state index contributed by atoms with van der Waals surface area (Å²) < 4.78 is 21.1. The molecule has 0 heterocycles. The molecule has 0 aliphatic heterocycles. The average Bonchev–Trinajstić information content (AvgIpc) is 2.93. The van der Waals surface area contributed by atoms with Crippen molar-refractivity contribution in [1.82, 2.24) is 10.2 Å². The molecule has 1 atom stereocenters. The molecule has 3 aromatic rings. The molecule has 0 saturated heterocycles. The second-order valence-corrected chi connectivity index (χ2v) is 8.33. The van der Waals surface area contributed by atoms with E-state index in [0.29, 0.717) is 36.0 Å². The standard InChI is InChI=1S/C29H34N2O6/c1-34-17-16-30-29(33)28(23-8-6-5-7-9-23)31(20-21-10-13-24(35-2)14-11-21)27(32)19-22-12-15-25(36-3)26(18-22)37-4/h5-15,18,28H,16-17,19-20H2,1-4H3,(H,30,33). The molecule has 8 nitrogen and oxygen atoms in total. The van der Waals surface area contributed by atoms with E-state index in [1.165, 1.54) is 0 Å². The van der Waals surface area contributed by atoms with Crippen molar-refractivity contribution >= 4 is 11.8 Å². The molecule has 8 heteroatoms. The van der Waals surface area contributed by atoms with Gasteiger partial charge in [0.1, 0.15) is 11.8 Å². The molecule has 3 aromatic carbocycles. The highest BCUT2D eigenvalue weighted by Gasteiger charge is 2.31. The Hall–Kier alpha value is -4.04. The molecule has 1 unspecified atom stereocenters. The highest BCUT2D eigenvalue weighted by Crippen LogP contribution is 2.29. The minimum absolute atomic E-state index is 0.0746. The summed E-state index contributed by atoms with van der Waals surface area (Å²) in [5, 5.41) is 2.90. The summed E-state index contributed by atoms with van der Waals surface area (Å²) in [5.74, 6) is 1.33. The van der Waals surface area contributed by atoms with Gasteiger partial charge < -0.3 is 29.2 Å². The molecule has 37 heavy (non-hydrogen) atoms. The van der Waals surface area contributed by atoms with Gasteiger partial charge in [0.25, 0.3) is 0 Å². The van der Waals surface area contributed by atoms with Crippen LogP contribution in [0.5, 0.6) is 17.2 Å². The Kier molecular flexibility index (Phi) is 10.3. The lowest BCUT2D eigenvalue weighted by Gasteiger charge is -2.32. The number of hydrogen-bond donors (Lipinski definition) is 1. The van der Waals surface area contributed by atoms with Gasteiger partial charge in [0.2, 0.25) is 11.8 Å². The molecule has 0 aromatic heterocycles. The van der Waals surface area contributed by atoms with Crippen molar-refractivity contribution in [2.24, 2.45) is 0 Å². The van der Waals surface area contributed by atoms with Gasteiger partial charge in [0.05, 0.1) is 34.4 Å². The van der Waals surface area contributed by atoms with Crippen molar-refractivity contribution in [3.8, 4) is 17.2 Å². The van der Waals surface area contributed by atoms with Crippen LogP contribution in [0.1, 0.15) is 22.7 Å². The second kappa shape index (κ2) is 13.9. The van der Waals surface area contributed by atoms with Crippen LogP contribution in [0.3, 0.4) is 0 Å². The first-order valence-corrected chi connectivity index (χ1v) is 12.0. The van der Waals surface area contributed by atoms with E-state index in [0.717, 1.165) is 11.1 Å². The van der Waals surface area contributed by atoms with Gasteiger partial charge in [0.15, 0.2) is 11.5 Å². The van der Waals surface area contributed by atoms with Crippen molar-refractivity contribution in [3.63, 3.8) is 0 Å². The highest BCUT2D eigenvalue weighted by molar-refractivity contribution is 5.89. The van der Waals surface area contributed by atoms with Crippen LogP contribution in [0, 0.1) is 0 Å². The smallest absolute Gasteiger partial charge is 0.247 e. The molecule has 0 bridgehead atoms. The lowest BCUT2D eigenvalue weighted by Crippen LogP contribution is -2.44. The molecule has 2 amide bonds. The summed E-state index contributed by atoms with van der Waals surface area (Å²) in [6.45, 7) is 0.928. The summed E-state index contributed by atoms with van der Waals surface area (Å²) in [5.41, 5.74) is 2.33. The zero-order chi connectivity index (χ0) is 26.6. The number of carbonyl (C=O) groups is 2. The van der Waals surface area contributed by atoms with E-state index in [4.69, 9.17) is 18.9 Å². The van der Waals surface area contributed by atoms with Crippen molar-refractivity contribution < 1.29 is 28.5 Å². The third kappa shape index (κ3) is 7.47. The predicted octanol–water partition coefficient (Wildman–Crippen LogP) is 3.79. The Bertz CT molecular complexity index is 1150. The fourth-order valence-corrected chi connectivity index (χ4v) is 4.00. The Morgan fingerprint density at radius 3 is 2.11 bits per heavy atom. The molecular weight excluding hydrogens is 472 g/mol. The van der Waals surface area contributed by atoms with Gasteiger partial charge in [-0.2, -0.15) is 0 Å². The van der Waals surface area contributed by atoms with Gasteiger partial charge in [-0.05, 0) is 41.0 Å². The summed E-state index contributed by atoms with van der Waals surface area (Å²) in [7, 11) is 6.29. The Morgan fingerprint density at radius 2 is 1.49 bits per heavy atom. The van der Waals surface area contributed by atoms with E-state index in [2.05, 4.69) is 5.32 Å². The number of hydrogen-bond acceptors (Lipinski definition) is 6. The quantitative estimate of drug-likeness (QED) is 0.355. The minimum atomic E-state index is -0.840. The van der Waals surface area contributed by atoms with Crippen LogP contribution in [0.15, 0.2) is 72.8 Å². The zero-order valence-corrected chi connectivity index (χ0v) is 21.7. The number of nitrogens with one attached hydrogen (secondary N) is 1. The van der Waals surface area contributed by atoms with Crippen LogP contribution >= 0.6 is 0 Å². The Balaban J connectivity index is 1.99. The molecule has 0 aliphatic rings. The lowest BCUT2D eigenvalue weighted by molar-refractivity contribution is -0.141. The maximum absolute atomic E-state index is 13.9. The van der Waals surface area contributed by atoms with Gasteiger partial charge in [0, 0.05) is 20.2 Å². The fourth-order valence-electron chi connectivity index (χ4n) is 4.00. The number of benzene rings is 3. The van der Waals surface area contributed by atoms with Crippen molar-refractivity contribution in [1.29, 1.82) is 0 Å². The summed E-state index contributed by atoms with van der Waals surface area (Å²) in [6.07, 6.45) is 0.0746. The molecule has 196 valence electrons. The number of nitrogens with zero attached hydrogens (tertiary/aromatic N) is 1. The van der Waals surface area contributed by atoms with E-state index in [-0.39, 0.29) is 24.8 Å². The third-order valence-electron chi connectivity index (χ3n) is 5.92.